The van der Waals surface area contributed by atoms with E-state index in [1.165, 1.54) is 0 Å². The summed E-state index contributed by atoms with van der Waals surface area (Å²) >= 11 is 0. The Labute approximate surface area is 94.0 Å². The SMILES string of the molecule is Cc1ccc(NCc2ccnc(C)n2)nn1. The number of hydrogen-bond donors (Lipinski definition) is 1. The number of nitrogens with zero attached hydrogens (tertiary/aromatic N) is 4. The number of rotatable bonds is 3. The van der Waals surface area contributed by atoms with Crippen molar-refractivity contribution in [1.29, 1.82) is 0 Å². The molecular formula is C11H13N5. The molecule has 5 heteroatoms. The molecule has 0 spiro atoms. The Morgan fingerprint density at radius 3 is 2.69 bits per heavy atom. The van der Waals surface area contributed by atoms with E-state index in [0.717, 1.165) is 23.0 Å². The maximum absolute atomic E-state index is 4.28. The Balaban J connectivity index is 1.99. The Kier molecular flexibility index (Phi) is 3.05. The highest BCUT2D eigenvalue weighted by Crippen LogP contribution is 2.03. The lowest BCUT2D eigenvalue weighted by molar-refractivity contribution is 0.926. The molecule has 0 saturated heterocycles. The molecule has 2 rings (SSSR count). The third-order valence-corrected chi connectivity index (χ3v) is 2.08. The van der Waals surface area contributed by atoms with E-state index in [9.17, 15) is 0 Å². The first-order valence-electron chi connectivity index (χ1n) is 5.07. The van der Waals surface area contributed by atoms with Crippen LogP contribution in [-0.4, -0.2) is 20.2 Å². The van der Waals surface area contributed by atoms with Crippen molar-refractivity contribution in [3.63, 3.8) is 0 Å². The number of aromatic nitrogens is 4. The predicted molar refractivity (Wildman–Crippen MR) is 60.9 cm³/mol. The number of nitrogens with one attached hydrogen (secondary N) is 1. The highest BCUT2D eigenvalue weighted by molar-refractivity contribution is 5.33. The molecule has 0 saturated carbocycles. The van der Waals surface area contributed by atoms with Crippen LogP contribution < -0.4 is 5.32 Å². The molecule has 0 aromatic carbocycles. The van der Waals surface area contributed by atoms with Gasteiger partial charge in [0.05, 0.1) is 17.9 Å². The topological polar surface area (TPSA) is 63.6 Å². The third-order valence-electron chi connectivity index (χ3n) is 2.08. The molecule has 16 heavy (non-hydrogen) atoms. The fourth-order valence-electron chi connectivity index (χ4n) is 1.28. The quantitative estimate of drug-likeness (QED) is 0.840. The summed E-state index contributed by atoms with van der Waals surface area (Å²) in [6.07, 6.45) is 1.75. The molecule has 5 nitrogen and oxygen atoms in total. The molecule has 0 atom stereocenters. The van der Waals surface area contributed by atoms with E-state index in [0.29, 0.717) is 6.54 Å². The van der Waals surface area contributed by atoms with Crippen LogP contribution in [0.2, 0.25) is 0 Å². The van der Waals surface area contributed by atoms with Gasteiger partial charge in [-0.05, 0) is 32.0 Å². The first kappa shape index (κ1) is 10.5. The van der Waals surface area contributed by atoms with E-state index >= 15 is 0 Å². The molecule has 2 heterocycles. The summed E-state index contributed by atoms with van der Waals surface area (Å²) in [7, 11) is 0. The minimum atomic E-state index is 0.626. The van der Waals surface area contributed by atoms with E-state index in [-0.39, 0.29) is 0 Å². The van der Waals surface area contributed by atoms with Crippen molar-refractivity contribution in [3.05, 3.63) is 41.6 Å². The van der Waals surface area contributed by atoms with Gasteiger partial charge in [0.25, 0.3) is 0 Å². The molecule has 0 aliphatic rings. The average Bonchev–Trinajstić information content (AvgIpc) is 2.28. The molecule has 0 aliphatic carbocycles. The van der Waals surface area contributed by atoms with Crippen LogP contribution in [0.4, 0.5) is 5.82 Å². The highest BCUT2D eigenvalue weighted by Gasteiger charge is 1.97. The summed E-state index contributed by atoms with van der Waals surface area (Å²) in [5.41, 5.74) is 1.85. The van der Waals surface area contributed by atoms with Crippen LogP contribution in [0, 0.1) is 13.8 Å². The standard InChI is InChI=1S/C11H13N5/c1-8-3-4-11(16-15-8)13-7-10-5-6-12-9(2)14-10/h3-6H,7H2,1-2H3,(H,13,16). The van der Waals surface area contributed by atoms with Gasteiger partial charge in [0.2, 0.25) is 0 Å². The van der Waals surface area contributed by atoms with Gasteiger partial charge in [0.1, 0.15) is 11.6 Å². The number of anilines is 1. The molecule has 0 unspecified atom stereocenters. The molecule has 1 N–H and O–H groups in total. The minimum Gasteiger partial charge on any atom is -0.363 e. The van der Waals surface area contributed by atoms with Crippen LogP contribution in [-0.2, 0) is 6.54 Å². The summed E-state index contributed by atoms with van der Waals surface area (Å²) in [5, 5.41) is 11.1. The molecular weight excluding hydrogens is 202 g/mol. The highest BCUT2D eigenvalue weighted by atomic mass is 15.2. The first-order valence-corrected chi connectivity index (χ1v) is 5.07. The van der Waals surface area contributed by atoms with Crippen molar-refractivity contribution in [2.75, 3.05) is 5.32 Å². The van der Waals surface area contributed by atoms with Crippen molar-refractivity contribution < 1.29 is 0 Å². The van der Waals surface area contributed by atoms with Gasteiger partial charge in [-0.15, -0.1) is 5.10 Å². The zero-order chi connectivity index (χ0) is 11.4. The molecule has 0 bridgehead atoms. The van der Waals surface area contributed by atoms with Gasteiger partial charge >= 0.3 is 0 Å². The fourth-order valence-corrected chi connectivity index (χ4v) is 1.28. The van der Waals surface area contributed by atoms with Crippen molar-refractivity contribution in [2.45, 2.75) is 20.4 Å². The summed E-state index contributed by atoms with van der Waals surface area (Å²) in [6.45, 7) is 4.40. The van der Waals surface area contributed by atoms with Crippen LogP contribution >= 0.6 is 0 Å². The normalized spacial score (nSPS) is 10.1. The van der Waals surface area contributed by atoms with Crippen LogP contribution in [0.5, 0.6) is 0 Å². The van der Waals surface area contributed by atoms with Gasteiger partial charge < -0.3 is 5.32 Å². The molecule has 2 aromatic rings. The second-order valence-corrected chi connectivity index (χ2v) is 3.51. The number of aryl methyl sites for hydroxylation is 2. The monoisotopic (exact) mass is 215 g/mol. The Morgan fingerprint density at radius 1 is 1.12 bits per heavy atom. The van der Waals surface area contributed by atoms with E-state index in [1.54, 1.807) is 6.20 Å². The fraction of sp³-hybridized carbons (Fsp3) is 0.273. The van der Waals surface area contributed by atoms with Crippen LogP contribution in [0.3, 0.4) is 0 Å². The Bertz CT molecular complexity index is 466. The van der Waals surface area contributed by atoms with E-state index < -0.39 is 0 Å². The zero-order valence-corrected chi connectivity index (χ0v) is 9.31. The first-order chi connectivity index (χ1) is 7.74. The summed E-state index contributed by atoms with van der Waals surface area (Å²) in [4.78, 5) is 8.32. The average molecular weight is 215 g/mol. The predicted octanol–water partition coefficient (Wildman–Crippen LogP) is 1.50. The van der Waals surface area contributed by atoms with Gasteiger partial charge in [0, 0.05) is 6.20 Å². The maximum Gasteiger partial charge on any atom is 0.148 e. The smallest absolute Gasteiger partial charge is 0.148 e. The number of hydrogen-bond acceptors (Lipinski definition) is 5. The van der Waals surface area contributed by atoms with Crippen molar-refractivity contribution in [2.24, 2.45) is 0 Å². The van der Waals surface area contributed by atoms with Crippen molar-refractivity contribution in [3.8, 4) is 0 Å². The van der Waals surface area contributed by atoms with Gasteiger partial charge in [-0.1, -0.05) is 0 Å². The second kappa shape index (κ2) is 4.65. The molecule has 2 aromatic heterocycles. The van der Waals surface area contributed by atoms with E-state index in [1.807, 2.05) is 32.0 Å². The molecule has 0 amide bonds. The Morgan fingerprint density at radius 2 is 2.00 bits per heavy atom. The lowest BCUT2D eigenvalue weighted by Crippen LogP contribution is -2.05. The molecule has 0 fully saturated rings. The largest absolute Gasteiger partial charge is 0.363 e. The minimum absolute atomic E-state index is 0.626. The maximum atomic E-state index is 4.28. The summed E-state index contributed by atoms with van der Waals surface area (Å²) in [5.74, 6) is 1.52. The molecule has 82 valence electrons. The lowest BCUT2D eigenvalue weighted by Gasteiger charge is -2.04. The third kappa shape index (κ3) is 2.73. The van der Waals surface area contributed by atoms with Crippen LogP contribution in [0.25, 0.3) is 0 Å². The molecule has 0 radical (unpaired) electrons. The lowest BCUT2D eigenvalue weighted by atomic mass is 10.4. The van der Waals surface area contributed by atoms with Gasteiger partial charge in [-0.2, -0.15) is 5.10 Å². The summed E-state index contributed by atoms with van der Waals surface area (Å²) in [6, 6.07) is 5.69. The zero-order valence-electron chi connectivity index (χ0n) is 9.31. The van der Waals surface area contributed by atoms with Gasteiger partial charge in [-0.3, -0.25) is 0 Å². The van der Waals surface area contributed by atoms with Gasteiger partial charge in [-0.25, -0.2) is 9.97 Å². The van der Waals surface area contributed by atoms with Crippen LogP contribution in [0.1, 0.15) is 17.2 Å². The van der Waals surface area contributed by atoms with Crippen LogP contribution in [0.15, 0.2) is 24.4 Å². The summed E-state index contributed by atoms with van der Waals surface area (Å²) < 4.78 is 0. The van der Waals surface area contributed by atoms with Gasteiger partial charge in [0.15, 0.2) is 0 Å². The second-order valence-electron chi connectivity index (χ2n) is 3.51. The Hall–Kier alpha value is -2.04. The van der Waals surface area contributed by atoms with E-state index in [2.05, 4.69) is 25.5 Å². The molecule has 0 aliphatic heterocycles. The van der Waals surface area contributed by atoms with E-state index in [4.69, 9.17) is 0 Å². The van der Waals surface area contributed by atoms with Crippen molar-refractivity contribution in [1.82, 2.24) is 20.2 Å². The van der Waals surface area contributed by atoms with Crippen molar-refractivity contribution >= 4 is 5.82 Å².